The van der Waals surface area contributed by atoms with Crippen molar-refractivity contribution in [3.8, 4) is 0 Å². The second kappa shape index (κ2) is 4.85. The van der Waals surface area contributed by atoms with Crippen LogP contribution in [0.15, 0.2) is 12.5 Å². The lowest BCUT2D eigenvalue weighted by Crippen LogP contribution is -2.31. The molecular weight excluding hydrogens is 178 g/mol. The summed E-state index contributed by atoms with van der Waals surface area (Å²) >= 11 is 0. The fourth-order valence-corrected chi connectivity index (χ4v) is 1.66. The lowest BCUT2D eigenvalue weighted by atomic mass is 9.98. The Bertz CT molecular complexity index is 257. The summed E-state index contributed by atoms with van der Waals surface area (Å²) in [5.41, 5.74) is 0. The van der Waals surface area contributed by atoms with Gasteiger partial charge in [0.15, 0.2) is 5.82 Å². The number of nitrogens with one attached hydrogen (secondary N) is 2. The van der Waals surface area contributed by atoms with Crippen molar-refractivity contribution >= 4 is 5.82 Å². The van der Waals surface area contributed by atoms with Crippen molar-refractivity contribution in [3.63, 3.8) is 0 Å². The summed E-state index contributed by atoms with van der Waals surface area (Å²) in [7, 11) is 0. The highest BCUT2D eigenvalue weighted by atomic mass is 15.2. The Morgan fingerprint density at radius 2 is 2.29 bits per heavy atom. The summed E-state index contributed by atoms with van der Waals surface area (Å²) in [6.07, 6.45) is 5.62. The predicted octanol–water partition coefficient (Wildman–Crippen LogP) is 0.283. The van der Waals surface area contributed by atoms with E-state index in [1.54, 1.807) is 6.20 Å². The molecule has 1 saturated heterocycles. The number of hydrogen-bond acceptors (Lipinski definition) is 5. The molecule has 1 aliphatic heterocycles. The molecule has 2 N–H and O–H groups in total. The highest BCUT2D eigenvalue weighted by molar-refractivity contribution is 5.28. The number of hydrogen-bond donors (Lipinski definition) is 2. The van der Waals surface area contributed by atoms with Crippen LogP contribution in [0.4, 0.5) is 5.82 Å². The minimum absolute atomic E-state index is 0.748. The SMILES string of the molecule is c1ncc(NCC2CCNCC2)nn1. The van der Waals surface area contributed by atoms with Crippen molar-refractivity contribution < 1.29 is 0 Å². The van der Waals surface area contributed by atoms with Crippen LogP contribution in [0.25, 0.3) is 0 Å². The van der Waals surface area contributed by atoms with Gasteiger partial charge in [-0.1, -0.05) is 0 Å². The Balaban J connectivity index is 1.76. The summed E-state index contributed by atoms with van der Waals surface area (Å²) in [6.45, 7) is 3.23. The average Bonchev–Trinajstić information content (AvgIpc) is 2.29. The second-order valence-corrected chi connectivity index (χ2v) is 3.57. The molecule has 0 saturated carbocycles. The van der Waals surface area contributed by atoms with Crippen LogP contribution in [0, 0.1) is 5.92 Å². The third-order valence-corrected chi connectivity index (χ3v) is 2.51. The molecule has 14 heavy (non-hydrogen) atoms. The number of aromatic nitrogens is 3. The van der Waals surface area contributed by atoms with Crippen LogP contribution in [0.3, 0.4) is 0 Å². The third-order valence-electron chi connectivity index (χ3n) is 2.51. The standard InChI is InChI=1S/C9H15N5/c1-3-10-4-2-8(1)5-12-9-6-11-7-13-14-9/h6-8,10H,1-5H2,(H,12,14). The van der Waals surface area contributed by atoms with E-state index in [-0.39, 0.29) is 0 Å². The Morgan fingerprint density at radius 1 is 1.43 bits per heavy atom. The molecule has 1 aromatic rings. The van der Waals surface area contributed by atoms with Gasteiger partial charge in [-0.05, 0) is 31.8 Å². The van der Waals surface area contributed by atoms with Gasteiger partial charge < -0.3 is 10.6 Å². The van der Waals surface area contributed by atoms with Crippen molar-refractivity contribution in [1.82, 2.24) is 20.5 Å². The molecule has 0 amide bonds. The van der Waals surface area contributed by atoms with Gasteiger partial charge in [-0.15, -0.1) is 10.2 Å². The number of anilines is 1. The van der Waals surface area contributed by atoms with Gasteiger partial charge in [0.25, 0.3) is 0 Å². The molecule has 2 rings (SSSR count). The maximum atomic E-state index is 3.92. The summed E-state index contributed by atoms with van der Waals surface area (Å²) in [6, 6.07) is 0. The molecule has 76 valence electrons. The first kappa shape index (κ1) is 9.33. The van der Waals surface area contributed by atoms with Gasteiger partial charge in [0.1, 0.15) is 6.33 Å². The van der Waals surface area contributed by atoms with Crippen molar-refractivity contribution in [2.45, 2.75) is 12.8 Å². The van der Waals surface area contributed by atoms with E-state index in [2.05, 4.69) is 25.8 Å². The van der Waals surface area contributed by atoms with E-state index in [0.29, 0.717) is 0 Å². The van der Waals surface area contributed by atoms with Gasteiger partial charge in [0.05, 0.1) is 6.20 Å². The highest BCUT2D eigenvalue weighted by Crippen LogP contribution is 2.11. The third kappa shape index (κ3) is 2.63. The molecule has 0 unspecified atom stereocenters. The Hall–Kier alpha value is -1.23. The molecule has 1 fully saturated rings. The van der Waals surface area contributed by atoms with E-state index < -0.39 is 0 Å². The minimum Gasteiger partial charge on any atom is -0.367 e. The van der Waals surface area contributed by atoms with Crippen LogP contribution in [-0.4, -0.2) is 34.8 Å². The summed E-state index contributed by atoms with van der Waals surface area (Å²) in [4.78, 5) is 3.90. The first-order chi connectivity index (χ1) is 6.95. The lowest BCUT2D eigenvalue weighted by Gasteiger charge is -2.22. The zero-order valence-corrected chi connectivity index (χ0v) is 8.11. The smallest absolute Gasteiger partial charge is 0.167 e. The molecular formula is C9H15N5. The minimum atomic E-state index is 0.748. The highest BCUT2D eigenvalue weighted by Gasteiger charge is 2.12. The molecule has 5 heteroatoms. The van der Waals surface area contributed by atoms with Gasteiger partial charge >= 0.3 is 0 Å². The molecule has 0 aromatic carbocycles. The number of nitrogens with zero attached hydrogens (tertiary/aromatic N) is 3. The van der Waals surface area contributed by atoms with E-state index in [1.807, 2.05) is 0 Å². The molecule has 0 aliphatic carbocycles. The first-order valence-electron chi connectivity index (χ1n) is 5.02. The van der Waals surface area contributed by atoms with Crippen LogP contribution in [0.5, 0.6) is 0 Å². The summed E-state index contributed by atoms with van der Waals surface area (Å²) in [5.74, 6) is 1.52. The van der Waals surface area contributed by atoms with Gasteiger partial charge in [0.2, 0.25) is 0 Å². The molecule has 0 bridgehead atoms. The van der Waals surface area contributed by atoms with Crippen molar-refractivity contribution in [3.05, 3.63) is 12.5 Å². The Kier molecular flexibility index (Phi) is 3.24. The lowest BCUT2D eigenvalue weighted by molar-refractivity contribution is 0.389. The molecule has 5 nitrogen and oxygen atoms in total. The average molecular weight is 193 g/mol. The van der Waals surface area contributed by atoms with Crippen molar-refractivity contribution in [1.29, 1.82) is 0 Å². The number of piperidine rings is 1. The molecule has 0 atom stereocenters. The summed E-state index contributed by atoms with van der Waals surface area (Å²) < 4.78 is 0. The maximum absolute atomic E-state index is 3.92. The van der Waals surface area contributed by atoms with E-state index in [1.165, 1.54) is 19.2 Å². The second-order valence-electron chi connectivity index (χ2n) is 3.57. The van der Waals surface area contributed by atoms with Gasteiger partial charge in [-0.3, -0.25) is 0 Å². The van der Waals surface area contributed by atoms with Crippen LogP contribution in [-0.2, 0) is 0 Å². The topological polar surface area (TPSA) is 62.7 Å². The predicted molar refractivity (Wildman–Crippen MR) is 53.9 cm³/mol. The quantitative estimate of drug-likeness (QED) is 0.722. The van der Waals surface area contributed by atoms with Gasteiger partial charge in [-0.25, -0.2) is 4.98 Å². The monoisotopic (exact) mass is 193 g/mol. The van der Waals surface area contributed by atoms with E-state index in [4.69, 9.17) is 0 Å². The zero-order valence-electron chi connectivity index (χ0n) is 8.11. The fourth-order valence-electron chi connectivity index (χ4n) is 1.66. The largest absolute Gasteiger partial charge is 0.367 e. The van der Waals surface area contributed by atoms with E-state index in [9.17, 15) is 0 Å². The number of rotatable bonds is 3. The van der Waals surface area contributed by atoms with Crippen molar-refractivity contribution in [2.75, 3.05) is 25.0 Å². The van der Waals surface area contributed by atoms with Crippen molar-refractivity contribution in [2.24, 2.45) is 5.92 Å². The Labute approximate surface area is 83.3 Å². The van der Waals surface area contributed by atoms with Crippen LogP contribution >= 0.6 is 0 Å². The molecule has 2 heterocycles. The van der Waals surface area contributed by atoms with E-state index >= 15 is 0 Å². The molecule has 0 spiro atoms. The van der Waals surface area contributed by atoms with Crippen LogP contribution in [0.2, 0.25) is 0 Å². The van der Waals surface area contributed by atoms with Crippen LogP contribution in [0.1, 0.15) is 12.8 Å². The van der Waals surface area contributed by atoms with E-state index in [0.717, 1.165) is 31.4 Å². The first-order valence-corrected chi connectivity index (χ1v) is 5.02. The normalized spacial score (nSPS) is 18.0. The van der Waals surface area contributed by atoms with Gasteiger partial charge in [-0.2, -0.15) is 0 Å². The maximum Gasteiger partial charge on any atom is 0.167 e. The molecule has 0 radical (unpaired) electrons. The molecule has 1 aromatic heterocycles. The van der Waals surface area contributed by atoms with Gasteiger partial charge in [0, 0.05) is 6.54 Å². The molecule has 1 aliphatic rings. The zero-order chi connectivity index (χ0) is 9.64. The summed E-state index contributed by atoms with van der Waals surface area (Å²) in [5, 5.41) is 14.2. The Morgan fingerprint density at radius 3 is 3.00 bits per heavy atom. The van der Waals surface area contributed by atoms with Crippen LogP contribution < -0.4 is 10.6 Å². The fraction of sp³-hybridized carbons (Fsp3) is 0.667.